The van der Waals surface area contributed by atoms with E-state index in [1.165, 1.54) is 11.6 Å². The van der Waals surface area contributed by atoms with Crippen LogP contribution in [0.25, 0.3) is 11.0 Å². The van der Waals surface area contributed by atoms with Crippen LogP contribution in [0, 0.1) is 0 Å². The molecule has 3 aromatic rings. The average Bonchev–Trinajstić information content (AvgIpc) is 2.71. The van der Waals surface area contributed by atoms with Crippen LogP contribution >= 0.6 is 0 Å². The number of amides is 1. The number of aryl methyl sites for hydroxylation is 2. The Balaban J connectivity index is 1.62. The predicted octanol–water partition coefficient (Wildman–Crippen LogP) is 4.17. The minimum Gasteiger partial charge on any atom is -0.484 e. The molecular formula is C23H25NO4. The van der Waals surface area contributed by atoms with Gasteiger partial charge in [-0.3, -0.25) is 4.79 Å². The molecule has 146 valence electrons. The van der Waals surface area contributed by atoms with Crippen LogP contribution in [-0.4, -0.2) is 12.5 Å². The maximum atomic E-state index is 12.2. The molecule has 1 amide bonds. The van der Waals surface area contributed by atoms with E-state index in [-0.39, 0.29) is 24.2 Å². The molecule has 1 aromatic heterocycles. The number of hydrogen-bond acceptors (Lipinski definition) is 4. The molecule has 0 aliphatic carbocycles. The van der Waals surface area contributed by atoms with Crippen molar-refractivity contribution in [2.24, 2.45) is 0 Å². The summed E-state index contributed by atoms with van der Waals surface area (Å²) in [7, 11) is 0. The zero-order valence-electron chi connectivity index (χ0n) is 16.5. The highest BCUT2D eigenvalue weighted by Crippen LogP contribution is 2.23. The molecule has 0 aliphatic rings. The summed E-state index contributed by atoms with van der Waals surface area (Å²) >= 11 is 0. The number of rotatable bonds is 7. The van der Waals surface area contributed by atoms with Gasteiger partial charge in [0.1, 0.15) is 11.3 Å². The van der Waals surface area contributed by atoms with E-state index in [4.69, 9.17) is 9.15 Å². The van der Waals surface area contributed by atoms with Crippen LogP contribution in [-0.2, 0) is 17.6 Å². The first-order valence-corrected chi connectivity index (χ1v) is 9.58. The molecule has 1 unspecified atom stereocenters. The molecule has 1 heterocycles. The first-order chi connectivity index (χ1) is 13.5. The summed E-state index contributed by atoms with van der Waals surface area (Å²) in [5.74, 6) is 0.273. The highest BCUT2D eigenvalue weighted by Gasteiger charge is 2.11. The summed E-state index contributed by atoms with van der Waals surface area (Å²) < 4.78 is 10.8. The Bertz CT molecular complexity index is 1020. The second kappa shape index (κ2) is 8.74. The van der Waals surface area contributed by atoms with Crippen molar-refractivity contribution in [2.75, 3.05) is 6.61 Å². The van der Waals surface area contributed by atoms with Crippen molar-refractivity contribution in [3.05, 3.63) is 75.6 Å². The van der Waals surface area contributed by atoms with Gasteiger partial charge in [0, 0.05) is 17.5 Å². The van der Waals surface area contributed by atoms with Crippen LogP contribution in [0.2, 0.25) is 0 Å². The van der Waals surface area contributed by atoms with E-state index in [1.54, 1.807) is 12.1 Å². The third kappa shape index (κ3) is 4.60. The maximum Gasteiger partial charge on any atom is 0.336 e. The molecule has 1 atom stereocenters. The highest BCUT2D eigenvalue weighted by atomic mass is 16.5. The van der Waals surface area contributed by atoms with Crippen LogP contribution in [0.4, 0.5) is 0 Å². The molecule has 28 heavy (non-hydrogen) atoms. The van der Waals surface area contributed by atoms with Crippen molar-refractivity contribution in [2.45, 2.75) is 39.7 Å². The molecule has 0 fully saturated rings. The summed E-state index contributed by atoms with van der Waals surface area (Å²) in [6, 6.07) is 14.9. The molecule has 5 heteroatoms. The van der Waals surface area contributed by atoms with E-state index >= 15 is 0 Å². The number of nitrogens with one attached hydrogen (secondary N) is 1. The van der Waals surface area contributed by atoms with Crippen molar-refractivity contribution >= 4 is 16.9 Å². The van der Waals surface area contributed by atoms with Gasteiger partial charge in [0.2, 0.25) is 0 Å². The smallest absolute Gasteiger partial charge is 0.336 e. The fraction of sp³-hybridized carbons (Fsp3) is 0.304. The molecule has 0 aliphatic heterocycles. The van der Waals surface area contributed by atoms with Crippen molar-refractivity contribution in [1.29, 1.82) is 0 Å². The van der Waals surface area contributed by atoms with Crippen molar-refractivity contribution in [3.63, 3.8) is 0 Å². The lowest BCUT2D eigenvalue weighted by atomic mass is 10.1. The van der Waals surface area contributed by atoms with E-state index in [1.807, 2.05) is 32.0 Å². The molecule has 0 bridgehead atoms. The Hall–Kier alpha value is -3.08. The lowest BCUT2D eigenvalue weighted by Crippen LogP contribution is -2.31. The molecule has 3 rings (SSSR count). The Morgan fingerprint density at radius 3 is 2.50 bits per heavy atom. The van der Waals surface area contributed by atoms with Crippen LogP contribution in [0.3, 0.4) is 0 Å². The van der Waals surface area contributed by atoms with E-state index in [2.05, 4.69) is 24.4 Å². The van der Waals surface area contributed by atoms with Gasteiger partial charge in [0.25, 0.3) is 5.91 Å². The van der Waals surface area contributed by atoms with Crippen molar-refractivity contribution < 1.29 is 13.9 Å². The summed E-state index contributed by atoms with van der Waals surface area (Å²) in [5.41, 5.74) is 3.32. The van der Waals surface area contributed by atoms with Crippen LogP contribution in [0.15, 0.2) is 57.7 Å². The van der Waals surface area contributed by atoms with Crippen LogP contribution in [0.1, 0.15) is 43.5 Å². The molecule has 0 spiro atoms. The minimum atomic E-state index is -0.387. The molecule has 5 nitrogen and oxygen atoms in total. The molecule has 0 saturated carbocycles. The first-order valence-electron chi connectivity index (χ1n) is 9.58. The fourth-order valence-corrected chi connectivity index (χ4v) is 3.15. The Morgan fingerprint density at radius 2 is 1.82 bits per heavy atom. The maximum absolute atomic E-state index is 12.2. The zero-order valence-corrected chi connectivity index (χ0v) is 16.5. The third-order valence-electron chi connectivity index (χ3n) is 4.82. The van der Waals surface area contributed by atoms with Gasteiger partial charge in [0.05, 0.1) is 6.04 Å². The second-order valence-corrected chi connectivity index (χ2v) is 6.78. The van der Waals surface area contributed by atoms with E-state index < -0.39 is 0 Å². The van der Waals surface area contributed by atoms with E-state index in [9.17, 15) is 9.59 Å². The molecule has 0 saturated heterocycles. The van der Waals surface area contributed by atoms with Crippen molar-refractivity contribution in [3.8, 4) is 5.75 Å². The molecule has 2 aromatic carbocycles. The Labute approximate surface area is 164 Å². The predicted molar refractivity (Wildman–Crippen MR) is 110 cm³/mol. The number of fused-ring (bicyclic) bond motifs is 1. The summed E-state index contributed by atoms with van der Waals surface area (Å²) in [6.07, 6.45) is 1.72. The van der Waals surface area contributed by atoms with Gasteiger partial charge < -0.3 is 14.5 Å². The van der Waals surface area contributed by atoms with Gasteiger partial charge >= 0.3 is 5.63 Å². The van der Waals surface area contributed by atoms with Gasteiger partial charge in [-0.05, 0) is 48.6 Å². The standard InChI is InChI=1S/C23H25NO4/c1-4-16-6-8-18(9-7-16)15(3)24-22(25)14-27-19-10-11-20-17(5-2)12-23(26)28-21(20)13-19/h6-13,15H,4-5,14H2,1-3H3,(H,24,25). The van der Waals surface area contributed by atoms with E-state index in [0.29, 0.717) is 11.3 Å². The SMILES string of the molecule is CCc1ccc(C(C)NC(=O)COc2ccc3c(CC)cc(=O)oc3c2)cc1. The number of hydrogen-bond donors (Lipinski definition) is 1. The highest BCUT2D eigenvalue weighted by molar-refractivity contribution is 5.82. The lowest BCUT2D eigenvalue weighted by molar-refractivity contribution is -0.123. The summed E-state index contributed by atoms with van der Waals surface area (Å²) in [5, 5.41) is 3.81. The number of benzene rings is 2. The quantitative estimate of drug-likeness (QED) is 0.626. The van der Waals surface area contributed by atoms with Crippen molar-refractivity contribution in [1.82, 2.24) is 5.32 Å². The van der Waals surface area contributed by atoms with Crippen LogP contribution in [0.5, 0.6) is 5.75 Å². The number of carbonyl (C=O) groups excluding carboxylic acids is 1. The normalized spacial score (nSPS) is 12.0. The Kier molecular flexibility index (Phi) is 6.14. The van der Waals surface area contributed by atoms with Gasteiger partial charge in [-0.15, -0.1) is 0 Å². The fourth-order valence-electron chi connectivity index (χ4n) is 3.15. The topological polar surface area (TPSA) is 68.5 Å². The largest absolute Gasteiger partial charge is 0.484 e. The van der Waals surface area contributed by atoms with Gasteiger partial charge in [-0.2, -0.15) is 0 Å². The monoisotopic (exact) mass is 379 g/mol. The third-order valence-corrected chi connectivity index (χ3v) is 4.82. The van der Waals surface area contributed by atoms with Gasteiger partial charge in [-0.25, -0.2) is 4.79 Å². The summed E-state index contributed by atoms with van der Waals surface area (Å²) in [4.78, 5) is 23.9. The Morgan fingerprint density at radius 1 is 1.07 bits per heavy atom. The number of ether oxygens (including phenoxy) is 1. The second-order valence-electron chi connectivity index (χ2n) is 6.78. The first kappa shape index (κ1) is 19.7. The minimum absolute atomic E-state index is 0.108. The van der Waals surface area contributed by atoms with E-state index in [0.717, 1.165) is 29.4 Å². The summed E-state index contributed by atoms with van der Waals surface area (Å²) in [6.45, 7) is 5.93. The van der Waals surface area contributed by atoms with Gasteiger partial charge in [0.15, 0.2) is 6.61 Å². The molecule has 1 N–H and O–H groups in total. The van der Waals surface area contributed by atoms with Gasteiger partial charge in [-0.1, -0.05) is 38.1 Å². The lowest BCUT2D eigenvalue weighted by Gasteiger charge is -2.15. The number of carbonyl (C=O) groups is 1. The molecule has 0 radical (unpaired) electrons. The average molecular weight is 379 g/mol. The molecular weight excluding hydrogens is 354 g/mol. The zero-order chi connectivity index (χ0) is 20.1. The van der Waals surface area contributed by atoms with Crippen LogP contribution < -0.4 is 15.7 Å².